The summed E-state index contributed by atoms with van der Waals surface area (Å²) in [5.41, 5.74) is -1.03. The van der Waals surface area contributed by atoms with Gasteiger partial charge >= 0.3 is 18.1 Å². The highest BCUT2D eigenvalue weighted by Gasteiger charge is 2.59. The van der Waals surface area contributed by atoms with Crippen molar-refractivity contribution in [1.29, 1.82) is 0 Å². The number of nitrogens with zero attached hydrogens (tertiary/aromatic N) is 2. The highest BCUT2D eigenvalue weighted by Crippen LogP contribution is 2.49. The number of ether oxygens (including phenoxy) is 1. The molecule has 45 heavy (non-hydrogen) atoms. The Morgan fingerprint density at radius 3 is 2.38 bits per heavy atom. The van der Waals surface area contributed by atoms with Crippen molar-refractivity contribution in [1.82, 2.24) is 4.90 Å². The molecule has 2 aromatic carbocycles. The Morgan fingerprint density at radius 1 is 1.18 bits per heavy atom. The van der Waals surface area contributed by atoms with E-state index in [1.165, 1.54) is 17.2 Å². The van der Waals surface area contributed by atoms with Crippen LogP contribution in [0.2, 0.25) is 5.02 Å². The van der Waals surface area contributed by atoms with Crippen LogP contribution in [0.3, 0.4) is 0 Å². The predicted octanol–water partition coefficient (Wildman–Crippen LogP) is 3.99. The zero-order valence-electron chi connectivity index (χ0n) is 24.8. The molecule has 1 aliphatic carbocycles. The van der Waals surface area contributed by atoms with E-state index in [4.69, 9.17) is 16.3 Å². The number of aliphatic hydroxyl groups excluding tert-OH is 1. The third-order valence-corrected chi connectivity index (χ3v) is 9.67. The fourth-order valence-corrected chi connectivity index (χ4v) is 6.69. The second-order valence-electron chi connectivity index (χ2n) is 12.1. The highest BCUT2D eigenvalue weighted by atomic mass is 35.5. The number of anilines is 2. The summed E-state index contributed by atoms with van der Waals surface area (Å²) in [5, 5.41) is 56.8. The molecule has 14 heteroatoms. The number of alkyl halides is 3. The van der Waals surface area contributed by atoms with E-state index in [1.807, 2.05) is 0 Å². The van der Waals surface area contributed by atoms with E-state index in [1.54, 1.807) is 32.0 Å². The molecule has 1 saturated heterocycles. The first-order valence-corrected chi connectivity index (χ1v) is 15.1. The number of rotatable bonds is 9. The van der Waals surface area contributed by atoms with Crippen LogP contribution < -0.4 is 15.0 Å². The van der Waals surface area contributed by atoms with E-state index in [9.17, 15) is 43.5 Å². The summed E-state index contributed by atoms with van der Waals surface area (Å²) in [6.45, 7) is 6.73. The van der Waals surface area contributed by atoms with E-state index >= 15 is 0 Å². The van der Waals surface area contributed by atoms with Crippen LogP contribution in [0.25, 0.3) is 0 Å². The number of benzene rings is 2. The molecule has 2 fully saturated rings. The molecule has 0 bridgehead atoms. The van der Waals surface area contributed by atoms with Crippen molar-refractivity contribution in [3.8, 4) is 5.75 Å². The topological polar surface area (TPSA) is 146 Å². The van der Waals surface area contributed by atoms with E-state index in [-0.39, 0.29) is 55.9 Å². The number of hydrogen-bond donors (Lipinski definition) is 6. The first-order valence-electron chi connectivity index (χ1n) is 14.7. The van der Waals surface area contributed by atoms with Crippen LogP contribution in [-0.2, 0) is 16.4 Å². The number of likely N-dealkylation sites (tertiary alicyclic amines) is 1. The third kappa shape index (κ3) is 5.79. The quantitative estimate of drug-likeness (QED) is 0.221. The molecule has 3 aliphatic rings. The molecule has 6 N–H and O–H groups in total. The van der Waals surface area contributed by atoms with Gasteiger partial charge in [-0.15, -0.1) is 0 Å². The minimum absolute atomic E-state index is 0.0451. The molecule has 5 rings (SSSR count). The maximum atomic E-state index is 14.6. The van der Waals surface area contributed by atoms with Crippen molar-refractivity contribution in [3.05, 3.63) is 64.8 Å². The van der Waals surface area contributed by atoms with Gasteiger partial charge in [-0.1, -0.05) is 32.0 Å². The molecule has 246 valence electrons. The number of amides is 1. The average molecular weight is 656 g/mol. The number of nitrogens with one attached hydrogen (secondary N) is 1. The molecule has 10 nitrogen and oxygen atoms in total. The lowest BCUT2D eigenvalue weighted by Gasteiger charge is -2.46. The van der Waals surface area contributed by atoms with Gasteiger partial charge in [0.1, 0.15) is 5.75 Å². The molecular weight excluding hydrogens is 619 g/mol. The van der Waals surface area contributed by atoms with Crippen LogP contribution >= 0.6 is 11.6 Å². The lowest BCUT2D eigenvalue weighted by molar-refractivity contribution is -0.476. The van der Waals surface area contributed by atoms with Crippen LogP contribution in [0, 0.1) is 0 Å². The maximum absolute atomic E-state index is 14.6. The first kappa shape index (κ1) is 33.5. The van der Waals surface area contributed by atoms with Gasteiger partial charge in [-0.2, -0.15) is 13.2 Å². The minimum Gasteiger partial charge on any atom is -0.434 e. The van der Waals surface area contributed by atoms with Gasteiger partial charge < -0.3 is 40.5 Å². The van der Waals surface area contributed by atoms with Gasteiger partial charge in [0.05, 0.1) is 22.8 Å². The van der Waals surface area contributed by atoms with Gasteiger partial charge in [-0.25, -0.2) is 4.90 Å². The molecule has 2 aliphatic heterocycles. The first-order chi connectivity index (χ1) is 20.9. The Bertz CT molecular complexity index is 1470. The molecule has 0 radical (unpaired) electrons. The Morgan fingerprint density at radius 2 is 1.82 bits per heavy atom. The van der Waals surface area contributed by atoms with Gasteiger partial charge in [0.2, 0.25) is 5.91 Å². The third-order valence-electron chi connectivity index (χ3n) is 9.43. The Kier molecular flexibility index (Phi) is 8.71. The van der Waals surface area contributed by atoms with Gasteiger partial charge in [0, 0.05) is 29.8 Å². The van der Waals surface area contributed by atoms with Gasteiger partial charge in [0.15, 0.2) is 0 Å². The van der Waals surface area contributed by atoms with Crippen LogP contribution in [-0.4, -0.2) is 73.5 Å². The number of hydrogen-bond acceptors (Lipinski definition) is 9. The van der Waals surface area contributed by atoms with Crippen LogP contribution in [0.5, 0.6) is 5.75 Å². The van der Waals surface area contributed by atoms with E-state index in [0.29, 0.717) is 28.8 Å². The number of fused-ring (bicyclic) bond motifs is 2. The number of carbonyl (C=O) groups is 1. The Balaban J connectivity index is 1.44. The number of piperidine rings is 1. The smallest absolute Gasteiger partial charge is 0.418 e. The predicted molar refractivity (Wildman–Crippen MR) is 159 cm³/mol. The van der Waals surface area contributed by atoms with E-state index in [0.717, 1.165) is 4.90 Å². The van der Waals surface area contributed by atoms with Crippen LogP contribution in [0.1, 0.15) is 68.6 Å². The van der Waals surface area contributed by atoms with Crippen molar-refractivity contribution >= 4 is 28.9 Å². The summed E-state index contributed by atoms with van der Waals surface area (Å²) >= 11 is 6.16. The summed E-state index contributed by atoms with van der Waals surface area (Å²) in [5.74, 6) is -8.74. The fraction of sp³-hybridized carbons (Fsp3) is 0.516. The van der Waals surface area contributed by atoms with Crippen LogP contribution in [0.15, 0.2) is 43.1 Å². The molecule has 0 aromatic heterocycles. The Hall–Kier alpha value is -2.91. The molecule has 0 unspecified atom stereocenters. The van der Waals surface area contributed by atoms with Gasteiger partial charge in [-0.3, -0.25) is 4.79 Å². The number of carbonyl (C=O) groups excluding carboxylic acids is 1. The molecule has 2 heterocycles. The fourth-order valence-electron chi connectivity index (χ4n) is 6.52. The molecule has 1 atom stereocenters. The van der Waals surface area contributed by atoms with Crippen molar-refractivity contribution in [3.63, 3.8) is 0 Å². The SMILES string of the molecule is C=CN(c1c([C@H](C)CC)cc(OC(O)(O)C(O)(O)N2CCC3(CC2)C(=O)Nc2ccc(Cl)cc23)cc1C(F)(F)F)C1CC(O)C1. The lowest BCUT2D eigenvalue weighted by Crippen LogP contribution is -2.69. The normalized spacial score (nSPS) is 22.4. The second-order valence-corrected chi connectivity index (χ2v) is 12.6. The Labute approximate surface area is 263 Å². The molecule has 1 amide bonds. The standard InChI is InChI=1S/C31H37ClF3N3O7/c1-4-17(3)22-15-21(16-24(29(33,34)35)26(22)38(5-2)19-13-20(39)14-19)45-31(43,44)30(41,42)37-10-8-28(9-11-37)23-12-18(32)6-7-25(23)36-27(28)40/h5-7,12,15-17,19-20,39,41-44H,2,4,8-11,13-14H2,1,3H3,(H,36,40)/t17-,19?,20?/m1/s1. The van der Waals surface area contributed by atoms with E-state index in [2.05, 4.69) is 11.9 Å². The zero-order valence-corrected chi connectivity index (χ0v) is 25.6. The summed E-state index contributed by atoms with van der Waals surface area (Å²) in [6.07, 6.45) is -3.31. The number of aliphatic hydroxyl groups is 5. The molecule has 1 spiro atoms. The molecule has 2 aromatic rings. The van der Waals surface area contributed by atoms with E-state index < -0.39 is 52.9 Å². The monoisotopic (exact) mass is 655 g/mol. The van der Waals surface area contributed by atoms with Gasteiger partial charge in [-0.05, 0) is 85.7 Å². The molecule has 1 saturated carbocycles. The average Bonchev–Trinajstić information content (AvgIpc) is 3.21. The van der Waals surface area contributed by atoms with Crippen molar-refractivity contribution in [2.45, 2.75) is 87.5 Å². The molecular formula is C31H37ClF3N3O7. The summed E-state index contributed by atoms with van der Waals surface area (Å²) in [6, 6.07) is 6.28. The largest absolute Gasteiger partial charge is 0.434 e. The second kappa shape index (κ2) is 11.7. The summed E-state index contributed by atoms with van der Waals surface area (Å²) in [4.78, 5) is 15.2. The zero-order chi connectivity index (χ0) is 33.1. The van der Waals surface area contributed by atoms with Crippen LogP contribution in [0.4, 0.5) is 24.5 Å². The minimum atomic E-state index is -4.92. The highest BCUT2D eigenvalue weighted by molar-refractivity contribution is 6.31. The van der Waals surface area contributed by atoms with Gasteiger partial charge in [0.25, 0.3) is 0 Å². The maximum Gasteiger partial charge on any atom is 0.418 e. The number of halogens is 4. The summed E-state index contributed by atoms with van der Waals surface area (Å²) < 4.78 is 48.9. The van der Waals surface area contributed by atoms with Crippen molar-refractivity contribution < 1.29 is 48.2 Å². The summed E-state index contributed by atoms with van der Waals surface area (Å²) in [7, 11) is 0. The van der Waals surface area contributed by atoms with Crippen molar-refractivity contribution in [2.75, 3.05) is 23.3 Å². The lowest BCUT2D eigenvalue weighted by atomic mass is 9.73. The van der Waals surface area contributed by atoms with Crippen molar-refractivity contribution in [2.24, 2.45) is 0 Å².